The SMILES string of the molecule is Cc1cc(C(=O)N2CCNCC2)[nH]c1CCC(C)C. The van der Waals surface area contributed by atoms with Gasteiger partial charge in [0.1, 0.15) is 5.69 Å². The van der Waals surface area contributed by atoms with Crippen LogP contribution in [0.2, 0.25) is 0 Å². The second-order valence-electron chi connectivity index (χ2n) is 5.82. The lowest BCUT2D eigenvalue weighted by Crippen LogP contribution is -2.46. The van der Waals surface area contributed by atoms with Gasteiger partial charge in [-0.1, -0.05) is 13.8 Å². The highest BCUT2D eigenvalue weighted by Gasteiger charge is 2.20. The molecule has 0 saturated carbocycles. The van der Waals surface area contributed by atoms with E-state index in [1.54, 1.807) is 0 Å². The van der Waals surface area contributed by atoms with Crippen molar-refractivity contribution in [1.29, 1.82) is 0 Å². The van der Waals surface area contributed by atoms with Gasteiger partial charge in [0.15, 0.2) is 0 Å². The summed E-state index contributed by atoms with van der Waals surface area (Å²) >= 11 is 0. The lowest BCUT2D eigenvalue weighted by Gasteiger charge is -2.26. The number of hydrogen-bond acceptors (Lipinski definition) is 2. The summed E-state index contributed by atoms with van der Waals surface area (Å²) in [5.41, 5.74) is 3.17. The summed E-state index contributed by atoms with van der Waals surface area (Å²) in [7, 11) is 0. The first-order chi connectivity index (χ1) is 9.08. The smallest absolute Gasteiger partial charge is 0.270 e. The Morgan fingerprint density at radius 1 is 1.37 bits per heavy atom. The van der Waals surface area contributed by atoms with E-state index in [1.165, 1.54) is 11.3 Å². The van der Waals surface area contributed by atoms with Crippen molar-refractivity contribution in [2.75, 3.05) is 26.2 Å². The summed E-state index contributed by atoms with van der Waals surface area (Å²) < 4.78 is 0. The van der Waals surface area contributed by atoms with Crippen LogP contribution in [0.1, 0.15) is 42.0 Å². The van der Waals surface area contributed by atoms with Gasteiger partial charge < -0.3 is 15.2 Å². The minimum absolute atomic E-state index is 0.139. The maximum absolute atomic E-state index is 12.4. The first-order valence-electron chi connectivity index (χ1n) is 7.26. The quantitative estimate of drug-likeness (QED) is 0.872. The number of nitrogens with zero attached hydrogens (tertiary/aromatic N) is 1. The fourth-order valence-corrected chi connectivity index (χ4v) is 2.45. The van der Waals surface area contributed by atoms with E-state index in [0.29, 0.717) is 5.92 Å². The summed E-state index contributed by atoms with van der Waals surface area (Å²) in [6, 6.07) is 2.00. The molecule has 1 fully saturated rings. The van der Waals surface area contributed by atoms with E-state index in [1.807, 2.05) is 11.0 Å². The molecule has 1 saturated heterocycles. The number of aromatic nitrogens is 1. The highest BCUT2D eigenvalue weighted by atomic mass is 16.2. The van der Waals surface area contributed by atoms with Crippen molar-refractivity contribution in [3.8, 4) is 0 Å². The first kappa shape index (κ1) is 14.1. The Labute approximate surface area is 115 Å². The van der Waals surface area contributed by atoms with Crippen LogP contribution in [0.3, 0.4) is 0 Å². The maximum Gasteiger partial charge on any atom is 0.270 e. The number of H-pyrrole nitrogens is 1. The third-order valence-electron chi connectivity index (χ3n) is 3.73. The predicted molar refractivity (Wildman–Crippen MR) is 77.5 cm³/mol. The van der Waals surface area contributed by atoms with Crippen LogP contribution in [0.5, 0.6) is 0 Å². The topological polar surface area (TPSA) is 48.1 Å². The molecule has 2 rings (SSSR count). The number of aryl methyl sites for hydroxylation is 2. The molecule has 1 aliphatic rings. The Kier molecular flexibility index (Phi) is 4.64. The number of aromatic amines is 1. The molecule has 1 amide bonds. The van der Waals surface area contributed by atoms with Gasteiger partial charge in [-0.2, -0.15) is 0 Å². The lowest BCUT2D eigenvalue weighted by atomic mass is 10.1. The molecule has 2 heterocycles. The molecule has 1 aromatic heterocycles. The van der Waals surface area contributed by atoms with E-state index in [9.17, 15) is 4.79 Å². The number of nitrogens with one attached hydrogen (secondary N) is 2. The minimum Gasteiger partial charge on any atom is -0.354 e. The van der Waals surface area contributed by atoms with Crippen molar-refractivity contribution in [1.82, 2.24) is 15.2 Å². The lowest BCUT2D eigenvalue weighted by molar-refractivity contribution is 0.0730. The molecule has 0 atom stereocenters. The Hall–Kier alpha value is -1.29. The second kappa shape index (κ2) is 6.24. The summed E-state index contributed by atoms with van der Waals surface area (Å²) in [5.74, 6) is 0.829. The summed E-state index contributed by atoms with van der Waals surface area (Å²) in [4.78, 5) is 17.6. The molecule has 0 unspecified atom stereocenters. The summed E-state index contributed by atoms with van der Waals surface area (Å²) in [6.07, 6.45) is 2.18. The van der Waals surface area contributed by atoms with Gasteiger partial charge in [0.25, 0.3) is 5.91 Å². The van der Waals surface area contributed by atoms with Gasteiger partial charge in [-0.25, -0.2) is 0 Å². The zero-order valence-electron chi connectivity index (χ0n) is 12.3. The number of hydrogen-bond donors (Lipinski definition) is 2. The van der Waals surface area contributed by atoms with Gasteiger partial charge in [-0.05, 0) is 37.3 Å². The van der Waals surface area contributed by atoms with Gasteiger partial charge in [0, 0.05) is 31.9 Å². The largest absolute Gasteiger partial charge is 0.354 e. The van der Waals surface area contributed by atoms with E-state index in [-0.39, 0.29) is 5.91 Å². The molecule has 1 aliphatic heterocycles. The standard InChI is InChI=1S/C15H25N3O/c1-11(2)4-5-13-12(3)10-14(17-13)15(19)18-8-6-16-7-9-18/h10-11,16-17H,4-9H2,1-3H3. The molecule has 0 spiro atoms. The molecule has 4 nitrogen and oxygen atoms in total. The maximum atomic E-state index is 12.4. The molecular weight excluding hydrogens is 238 g/mol. The molecule has 106 valence electrons. The van der Waals surface area contributed by atoms with Crippen LogP contribution in [-0.4, -0.2) is 42.0 Å². The van der Waals surface area contributed by atoms with Crippen molar-refractivity contribution in [2.24, 2.45) is 5.92 Å². The minimum atomic E-state index is 0.139. The van der Waals surface area contributed by atoms with Gasteiger partial charge >= 0.3 is 0 Å². The number of amides is 1. The van der Waals surface area contributed by atoms with Crippen molar-refractivity contribution >= 4 is 5.91 Å². The highest BCUT2D eigenvalue weighted by Crippen LogP contribution is 2.16. The molecule has 4 heteroatoms. The molecular formula is C15H25N3O. The summed E-state index contributed by atoms with van der Waals surface area (Å²) in [5, 5.41) is 3.27. The number of piperazine rings is 1. The molecule has 0 radical (unpaired) electrons. The Bertz CT molecular complexity index is 431. The van der Waals surface area contributed by atoms with Crippen LogP contribution in [0, 0.1) is 12.8 Å². The van der Waals surface area contributed by atoms with Crippen LogP contribution >= 0.6 is 0 Å². The Morgan fingerprint density at radius 3 is 2.68 bits per heavy atom. The molecule has 19 heavy (non-hydrogen) atoms. The van der Waals surface area contributed by atoms with Crippen LogP contribution in [0.25, 0.3) is 0 Å². The van der Waals surface area contributed by atoms with Crippen molar-refractivity contribution in [3.63, 3.8) is 0 Å². The van der Waals surface area contributed by atoms with E-state index >= 15 is 0 Å². The first-order valence-corrected chi connectivity index (χ1v) is 7.26. The Balaban J connectivity index is 2.03. The van der Waals surface area contributed by atoms with Gasteiger partial charge in [-0.3, -0.25) is 4.79 Å². The third kappa shape index (κ3) is 3.60. The van der Waals surface area contributed by atoms with Gasteiger partial charge in [-0.15, -0.1) is 0 Å². The molecule has 2 N–H and O–H groups in total. The number of carbonyl (C=O) groups is 1. The van der Waals surface area contributed by atoms with Crippen LogP contribution < -0.4 is 5.32 Å². The monoisotopic (exact) mass is 263 g/mol. The zero-order valence-corrected chi connectivity index (χ0v) is 12.3. The van der Waals surface area contributed by atoms with Crippen LogP contribution in [-0.2, 0) is 6.42 Å². The van der Waals surface area contributed by atoms with Gasteiger partial charge in [0.05, 0.1) is 0 Å². The third-order valence-corrected chi connectivity index (χ3v) is 3.73. The Morgan fingerprint density at radius 2 is 2.05 bits per heavy atom. The fraction of sp³-hybridized carbons (Fsp3) is 0.667. The molecule has 0 aliphatic carbocycles. The van der Waals surface area contributed by atoms with Crippen LogP contribution in [0.15, 0.2) is 6.07 Å². The van der Waals surface area contributed by atoms with Crippen molar-refractivity contribution in [3.05, 3.63) is 23.0 Å². The van der Waals surface area contributed by atoms with E-state index in [0.717, 1.165) is 44.7 Å². The summed E-state index contributed by atoms with van der Waals surface area (Å²) in [6.45, 7) is 9.94. The normalized spacial score (nSPS) is 16.1. The zero-order chi connectivity index (χ0) is 13.8. The van der Waals surface area contributed by atoms with Crippen molar-refractivity contribution < 1.29 is 4.79 Å². The molecule has 0 bridgehead atoms. The average Bonchev–Trinajstić information content (AvgIpc) is 2.78. The van der Waals surface area contributed by atoms with Crippen molar-refractivity contribution in [2.45, 2.75) is 33.6 Å². The van der Waals surface area contributed by atoms with E-state index in [4.69, 9.17) is 0 Å². The second-order valence-corrected chi connectivity index (χ2v) is 5.82. The molecule has 0 aromatic carbocycles. The molecule has 1 aromatic rings. The van der Waals surface area contributed by atoms with E-state index < -0.39 is 0 Å². The van der Waals surface area contributed by atoms with Gasteiger partial charge in [0.2, 0.25) is 0 Å². The fourth-order valence-electron chi connectivity index (χ4n) is 2.45. The highest BCUT2D eigenvalue weighted by molar-refractivity contribution is 5.93. The number of rotatable bonds is 4. The van der Waals surface area contributed by atoms with E-state index in [2.05, 4.69) is 31.1 Å². The number of carbonyl (C=O) groups excluding carboxylic acids is 1. The average molecular weight is 263 g/mol. The predicted octanol–water partition coefficient (Wildman–Crippen LogP) is 1.96. The van der Waals surface area contributed by atoms with Crippen LogP contribution in [0.4, 0.5) is 0 Å².